The van der Waals surface area contributed by atoms with Gasteiger partial charge in [0.1, 0.15) is 5.75 Å². The number of alkyl halides is 3. The number of phenols is 1. The zero-order valence-electron chi connectivity index (χ0n) is 6.72. The molecule has 13 heavy (non-hydrogen) atoms. The second kappa shape index (κ2) is 3.49. The van der Waals surface area contributed by atoms with Crippen molar-refractivity contribution in [3.8, 4) is 5.75 Å². The lowest BCUT2D eigenvalue weighted by Gasteiger charge is -2.06. The highest BCUT2D eigenvalue weighted by molar-refractivity contribution is 8.00. The van der Waals surface area contributed by atoms with Gasteiger partial charge in [-0.2, -0.15) is 13.2 Å². The third-order valence-electron chi connectivity index (χ3n) is 1.40. The summed E-state index contributed by atoms with van der Waals surface area (Å²) in [4.78, 5) is 0.0859. The van der Waals surface area contributed by atoms with E-state index in [0.717, 1.165) is 0 Å². The van der Waals surface area contributed by atoms with Gasteiger partial charge in [0.25, 0.3) is 0 Å². The minimum atomic E-state index is -4.27. The molecule has 0 saturated carbocycles. The second-order valence-electron chi connectivity index (χ2n) is 2.50. The van der Waals surface area contributed by atoms with Gasteiger partial charge in [0.15, 0.2) is 0 Å². The number of phenolic OH excluding ortho intramolecular Hbond substituents is 1. The van der Waals surface area contributed by atoms with Crippen LogP contribution in [-0.2, 0) is 0 Å². The van der Waals surface area contributed by atoms with Crippen molar-refractivity contribution < 1.29 is 18.3 Å². The van der Waals surface area contributed by atoms with Crippen LogP contribution in [0.2, 0.25) is 0 Å². The molecule has 0 aliphatic heterocycles. The predicted octanol–water partition coefficient (Wildman–Crippen LogP) is 3.31. The van der Waals surface area contributed by atoms with Crippen molar-refractivity contribution >= 4 is 11.8 Å². The Kier molecular flexibility index (Phi) is 2.75. The van der Waals surface area contributed by atoms with Gasteiger partial charge in [0.05, 0.1) is 0 Å². The average molecular weight is 208 g/mol. The number of benzene rings is 1. The lowest BCUT2D eigenvalue weighted by molar-refractivity contribution is -0.0328. The smallest absolute Gasteiger partial charge is 0.446 e. The molecule has 0 radical (unpaired) electrons. The summed E-state index contributed by atoms with van der Waals surface area (Å²) in [5.74, 6) is 0.00604. The van der Waals surface area contributed by atoms with E-state index in [1.54, 1.807) is 6.92 Å². The largest absolute Gasteiger partial charge is 0.508 e. The van der Waals surface area contributed by atoms with Crippen LogP contribution in [0.1, 0.15) is 5.56 Å². The molecular formula is C8H7F3OS. The average Bonchev–Trinajstić information content (AvgIpc) is 1.94. The molecule has 1 nitrogen and oxygen atoms in total. The van der Waals surface area contributed by atoms with Gasteiger partial charge in [-0.3, -0.25) is 0 Å². The van der Waals surface area contributed by atoms with E-state index in [1.807, 2.05) is 0 Å². The van der Waals surface area contributed by atoms with Gasteiger partial charge in [-0.15, -0.1) is 0 Å². The molecule has 72 valence electrons. The van der Waals surface area contributed by atoms with Crippen LogP contribution in [0.5, 0.6) is 5.75 Å². The quantitative estimate of drug-likeness (QED) is 0.714. The normalized spacial score (nSPS) is 11.7. The number of aromatic hydroxyl groups is 1. The first kappa shape index (κ1) is 10.2. The molecule has 0 aromatic heterocycles. The molecular weight excluding hydrogens is 201 g/mol. The topological polar surface area (TPSA) is 20.2 Å². The molecule has 0 unspecified atom stereocenters. The fourth-order valence-electron chi connectivity index (χ4n) is 0.825. The maximum Gasteiger partial charge on any atom is 0.446 e. The van der Waals surface area contributed by atoms with E-state index in [9.17, 15) is 13.2 Å². The first-order valence-electron chi connectivity index (χ1n) is 3.44. The standard InChI is InChI=1S/C8H7F3OS/c1-5-4-6(2-3-7(5)12)13-8(9,10)11/h2-4,12H,1H3. The van der Waals surface area contributed by atoms with Crippen LogP contribution >= 0.6 is 11.8 Å². The number of hydrogen-bond acceptors (Lipinski definition) is 2. The molecule has 5 heteroatoms. The van der Waals surface area contributed by atoms with E-state index in [-0.39, 0.29) is 22.4 Å². The van der Waals surface area contributed by atoms with E-state index in [1.165, 1.54) is 18.2 Å². The molecule has 1 N–H and O–H groups in total. The van der Waals surface area contributed by atoms with Crippen molar-refractivity contribution in [2.45, 2.75) is 17.3 Å². The van der Waals surface area contributed by atoms with Crippen LogP contribution in [0.3, 0.4) is 0 Å². The third-order valence-corrected chi connectivity index (χ3v) is 2.12. The van der Waals surface area contributed by atoms with Crippen molar-refractivity contribution in [2.24, 2.45) is 0 Å². The van der Waals surface area contributed by atoms with Gasteiger partial charge in [0.2, 0.25) is 0 Å². The van der Waals surface area contributed by atoms with Crippen molar-refractivity contribution in [1.82, 2.24) is 0 Å². The number of halogens is 3. The lowest BCUT2D eigenvalue weighted by atomic mass is 10.2. The molecule has 0 fully saturated rings. The summed E-state index contributed by atoms with van der Waals surface area (Å²) in [5.41, 5.74) is -3.84. The summed E-state index contributed by atoms with van der Waals surface area (Å²) in [6.45, 7) is 1.55. The lowest BCUT2D eigenvalue weighted by Crippen LogP contribution is -1.98. The Morgan fingerprint density at radius 2 is 1.92 bits per heavy atom. The maximum absolute atomic E-state index is 11.9. The highest BCUT2D eigenvalue weighted by atomic mass is 32.2. The van der Waals surface area contributed by atoms with Crippen molar-refractivity contribution in [2.75, 3.05) is 0 Å². The third kappa shape index (κ3) is 3.18. The van der Waals surface area contributed by atoms with Crippen molar-refractivity contribution in [3.63, 3.8) is 0 Å². The van der Waals surface area contributed by atoms with Gasteiger partial charge in [0, 0.05) is 4.90 Å². The molecule has 0 spiro atoms. The molecule has 1 rings (SSSR count). The summed E-state index contributed by atoms with van der Waals surface area (Å²) in [5, 5.41) is 9.05. The Morgan fingerprint density at radius 3 is 2.38 bits per heavy atom. The highest BCUT2D eigenvalue weighted by Gasteiger charge is 2.29. The molecule has 0 heterocycles. The van der Waals surface area contributed by atoms with Crippen LogP contribution in [-0.4, -0.2) is 10.6 Å². The molecule has 0 aliphatic rings. The zero-order valence-corrected chi connectivity index (χ0v) is 7.54. The maximum atomic E-state index is 11.9. The summed E-state index contributed by atoms with van der Waals surface area (Å²) in [6.07, 6.45) is 0. The Labute approximate surface area is 77.6 Å². The highest BCUT2D eigenvalue weighted by Crippen LogP contribution is 2.37. The van der Waals surface area contributed by atoms with Crippen LogP contribution < -0.4 is 0 Å². The van der Waals surface area contributed by atoms with Gasteiger partial charge >= 0.3 is 5.51 Å². The van der Waals surface area contributed by atoms with Crippen LogP contribution in [0, 0.1) is 6.92 Å². The Hall–Kier alpha value is -0.840. The van der Waals surface area contributed by atoms with Gasteiger partial charge in [-0.1, -0.05) is 0 Å². The van der Waals surface area contributed by atoms with Gasteiger partial charge < -0.3 is 5.11 Å². The van der Waals surface area contributed by atoms with Gasteiger partial charge in [-0.25, -0.2) is 0 Å². The first-order valence-corrected chi connectivity index (χ1v) is 4.25. The van der Waals surface area contributed by atoms with E-state index >= 15 is 0 Å². The first-order chi connectivity index (χ1) is 5.88. The molecule has 0 saturated heterocycles. The Bertz CT molecular complexity index is 309. The summed E-state index contributed by atoms with van der Waals surface area (Å²) < 4.78 is 35.6. The molecule has 1 aromatic rings. The minimum Gasteiger partial charge on any atom is -0.508 e. The van der Waals surface area contributed by atoms with Crippen molar-refractivity contribution in [3.05, 3.63) is 23.8 Å². The predicted molar refractivity (Wildman–Crippen MR) is 44.8 cm³/mol. The summed E-state index contributed by atoms with van der Waals surface area (Å²) >= 11 is -0.188. The Balaban J connectivity index is 2.86. The van der Waals surface area contributed by atoms with Crippen LogP contribution in [0.4, 0.5) is 13.2 Å². The van der Waals surface area contributed by atoms with E-state index in [4.69, 9.17) is 5.11 Å². The zero-order chi connectivity index (χ0) is 10.1. The fourth-order valence-corrected chi connectivity index (χ4v) is 1.46. The fraction of sp³-hybridized carbons (Fsp3) is 0.250. The second-order valence-corrected chi connectivity index (χ2v) is 3.63. The summed E-state index contributed by atoms with van der Waals surface area (Å²) in [7, 11) is 0. The van der Waals surface area contributed by atoms with Gasteiger partial charge in [-0.05, 0) is 42.4 Å². The number of hydrogen-bond donors (Lipinski definition) is 1. The van der Waals surface area contributed by atoms with Crippen molar-refractivity contribution in [1.29, 1.82) is 0 Å². The number of aryl methyl sites for hydroxylation is 1. The monoisotopic (exact) mass is 208 g/mol. The summed E-state index contributed by atoms with van der Waals surface area (Å²) in [6, 6.07) is 3.79. The molecule has 0 aliphatic carbocycles. The Morgan fingerprint density at radius 1 is 1.31 bits per heavy atom. The molecule has 0 amide bonds. The molecule has 0 atom stereocenters. The molecule has 1 aromatic carbocycles. The van der Waals surface area contributed by atoms with E-state index in [0.29, 0.717) is 5.56 Å². The minimum absolute atomic E-state index is 0.00604. The van der Waals surface area contributed by atoms with Crippen LogP contribution in [0.25, 0.3) is 0 Å². The number of rotatable bonds is 1. The molecule has 0 bridgehead atoms. The van der Waals surface area contributed by atoms with Crippen LogP contribution in [0.15, 0.2) is 23.1 Å². The SMILES string of the molecule is Cc1cc(SC(F)(F)F)ccc1O. The van der Waals surface area contributed by atoms with E-state index in [2.05, 4.69) is 0 Å². The van der Waals surface area contributed by atoms with E-state index < -0.39 is 5.51 Å². The number of thioether (sulfide) groups is 1.